The first-order valence-corrected chi connectivity index (χ1v) is 6.42. The van der Waals surface area contributed by atoms with Crippen LogP contribution < -0.4 is 10.5 Å². The molecule has 1 heterocycles. The van der Waals surface area contributed by atoms with E-state index in [0.29, 0.717) is 13.1 Å². The van der Waals surface area contributed by atoms with Crippen LogP contribution in [0.15, 0.2) is 18.2 Å². The van der Waals surface area contributed by atoms with Crippen molar-refractivity contribution in [3.63, 3.8) is 0 Å². The quantitative estimate of drug-likeness (QED) is 0.910. The van der Waals surface area contributed by atoms with Crippen LogP contribution >= 0.6 is 12.4 Å². The van der Waals surface area contributed by atoms with Crippen LogP contribution in [0.5, 0.6) is 5.75 Å². The molecule has 1 aromatic rings. The van der Waals surface area contributed by atoms with Gasteiger partial charge in [0.2, 0.25) is 0 Å². The molecule has 0 aromatic heterocycles. The number of hydrogen-bond donors (Lipinski definition) is 1. The summed E-state index contributed by atoms with van der Waals surface area (Å²) in [5.41, 5.74) is 5.94. The topological polar surface area (TPSA) is 55.6 Å². The Labute approximate surface area is 124 Å². The number of amides is 1. The lowest BCUT2D eigenvalue weighted by Crippen LogP contribution is -2.48. The number of nitrogens with zero attached hydrogens (tertiary/aromatic N) is 1. The number of benzene rings is 1. The molecule has 6 heteroatoms. The molecular weight excluding hydrogens is 283 g/mol. The molecule has 2 unspecified atom stereocenters. The summed E-state index contributed by atoms with van der Waals surface area (Å²) in [6, 6.07) is 4.50. The highest BCUT2D eigenvalue weighted by Gasteiger charge is 2.29. The molecule has 1 aliphatic rings. The molecule has 0 saturated carbocycles. The molecule has 1 amide bonds. The Morgan fingerprint density at radius 3 is 2.80 bits per heavy atom. The Morgan fingerprint density at radius 2 is 2.20 bits per heavy atom. The van der Waals surface area contributed by atoms with Crippen molar-refractivity contribution in [2.24, 2.45) is 11.7 Å². The number of carbonyl (C=O) groups is 1. The SMILES string of the molecule is COc1cccc(F)c1C(=O)N1CCC(N)C(C)C1.Cl. The van der Waals surface area contributed by atoms with Crippen LogP contribution in [0.1, 0.15) is 23.7 Å². The Morgan fingerprint density at radius 1 is 1.50 bits per heavy atom. The standard InChI is InChI=1S/C14H19FN2O2.ClH/c1-9-8-17(7-6-11(9)16)14(18)13-10(15)4-3-5-12(13)19-2;/h3-5,9,11H,6-8,16H2,1-2H3;1H. The van der Waals surface area contributed by atoms with Crippen LogP contribution in [-0.2, 0) is 0 Å². The van der Waals surface area contributed by atoms with E-state index in [1.807, 2.05) is 6.92 Å². The first-order valence-electron chi connectivity index (χ1n) is 6.42. The van der Waals surface area contributed by atoms with Gasteiger partial charge >= 0.3 is 0 Å². The highest BCUT2D eigenvalue weighted by atomic mass is 35.5. The van der Waals surface area contributed by atoms with Crippen molar-refractivity contribution in [2.75, 3.05) is 20.2 Å². The smallest absolute Gasteiger partial charge is 0.260 e. The van der Waals surface area contributed by atoms with Gasteiger partial charge in [0.15, 0.2) is 0 Å². The summed E-state index contributed by atoms with van der Waals surface area (Å²) in [6.07, 6.45) is 0.740. The predicted molar refractivity (Wildman–Crippen MR) is 77.9 cm³/mol. The highest BCUT2D eigenvalue weighted by molar-refractivity contribution is 5.97. The molecule has 1 aliphatic heterocycles. The first kappa shape index (κ1) is 16.7. The predicted octanol–water partition coefficient (Wildman–Crippen LogP) is 2.07. The van der Waals surface area contributed by atoms with E-state index in [-0.39, 0.29) is 41.6 Å². The fourth-order valence-corrected chi connectivity index (χ4v) is 2.39. The number of halogens is 2. The number of piperidine rings is 1. The van der Waals surface area contributed by atoms with E-state index < -0.39 is 5.82 Å². The van der Waals surface area contributed by atoms with Crippen molar-refractivity contribution in [2.45, 2.75) is 19.4 Å². The number of methoxy groups -OCH3 is 1. The second-order valence-electron chi connectivity index (χ2n) is 5.00. The maximum atomic E-state index is 13.9. The first-order chi connectivity index (χ1) is 9.04. The maximum absolute atomic E-state index is 13.9. The van der Waals surface area contributed by atoms with E-state index >= 15 is 0 Å². The van der Waals surface area contributed by atoms with Crippen LogP contribution in [0.2, 0.25) is 0 Å². The molecule has 1 fully saturated rings. The molecule has 2 N–H and O–H groups in total. The van der Waals surface area contributed by atoms with Gasteiger partial charge < -0.3 is 15.4 Å². The number of likely N-dealkylation sites (tertiary alicyclic amines) is 1. The van der Waals surface area contributed by atoms with Gasteiger partial charge in [-0.15, -0.1) is 12.4 Å². The van der Waals surface area contributed by atoms with Crippen LogP contribution in [0.4, 0.5) is 4.39 Å². The third-order valence-electron chi connectivity index (χ3n) is 3.67. The van der Waals surface area contributed by atoms with Crippen molar-refractivity contribution in [3.05, 3.63) is 29.6 Å². The molecule has 1 saturated heterocycles. The zero-order valence-electron chi connectivity index (χ0n) is 11.6. The van der Waals surface area contributed by atoms with Crippen molar-refractivity contribution in [1.82, 2.24) is 4.90 Å². The number of ether oxygens (including phenoxy) is 1. The number of rotatable bonds is 2. The molecule has 20 heavy (non-hydrogen) atoms. The van der Waals surface area contributed by atoms with Crippen LogP contribution in [-0.4, -0.2) is 37.0 Å². The highest BCUT2D eigenvalue weighted by Crippen LogP contribution is 2.25. The van der Waals surface area contributed by atoms with Gasteiger partial charge in [-0.1, -0.05) is 13.0 Å². The van der Waals surface area contributed by atoms with Gasteiger partial charge in [-0.2, -0.15) is 0 Å². The van der Waals surface area contributed by atoms with Gasteiger partial charge in [0.25, 0.3) is 5.91 Å². The summed E-state index contributed by atoms with van der Waals surface area (Å²) in [4.78, 5) is 14.1. The zero-order chi connectivity index (χ0) is 14.0. The van der Waals surface area contributed by atoms with Crippen LogP contribution in [0, 0.1) is 11.7 Å². The van der Waals surface area contributed by atoms with Gasteiger partial charge in [0.05, 0.1) is 7.11 Å². The minimum absolute atomic E-state index is 0. The van der Waals surface area contributed by atoms with Crippen molar-refractivity contribution in [3.8, 4) is 5.75 Å². The van der Waals surface area contributed by atoms with E-state index in [9.17, 15) is 9.18 Å². The molecular formula is C14H20ClFN2O2. The van der Waals surface area contributed by atoms with E-state index in [0.717, 1.165) is 6.42 Å². The van der Waals surface area contributed by atoms with Gasteiger partial charge in [0.1, 0.15) is 17.1 Å². The normalized spacial score (nSPS) is 22.1. The molecule has 0 bridgehead atoms. The van der Waals surface area contributed by atoms with E-state index in [1.165, 1.54) is 19.2 Å². The molecule has 2 rings (SSSR count). The molecule has 0 spiro atoms. The molecule has 112 valence electrons. The Bertz CT molecular complexity index is 484. The minimum Gasteiger partial charge on any atom is -0.496 e. The fourth-order valence-electron chi connectivity index (χ4n) is 2.39. The van der Waals surface area contributed by atoms with E-state index in [1.54, 1.807) is 11.0 Å². The third kappa shape index (κ3) is 3.22. The second-order valence-corrected chi connectivity index (χ2v) is 5.00. The van der Waals surface area contributed by atoms with Gasteiger partial charge in [-0.3, -0.25) is 4.79 Å². The van der Waals surface area contributed by atoms with Gasteiger partial charge in [-0.25, -0.2) is 4.39 Å². The monoisotopic (exact) mass is 302 g/mol. The maximum Gasteiger partial charge on any atom is 0.260 e. The summed E-state index contributed by atoms with van der Waals surface area (Å²) in [6.45, 7) is 3.11. The zero-order valence-corrected chi connectivity index (χ0v) is 12.5. The molecule has 2 atom stereocenters. The Hall–Kier alpha value is -1.33. The minimum atomic E-state index is -0.549. The Kier molecular flexibility index (Phi) is 5.77. The lowest BCUT2D eigenvalue weighted by atomic mass is 9.94. The third-order valence-corrected chi connectivity index (χ3v) is 3.67. The second kappa shape index (κ2) is 6.90. The molecule has 4 nitrogen and oxygen atoms in total. The van der Waals surface area contributed by atoms with Crippen molar-refractivity contribution >= 4 is 18.3 Å². The Balaban J connectivity index is 0.00000200. The molecule has 1 aromatic carbocycles. The average molecular weight is 303 g/mol. The summed E-state index contributed by atoms with van der Waals surface area (Å²) < 4.78 is 18.9. The van der Waals surface area contributed by atoms with Crippen LogP contribution in [0.3, 0.4) is 0 Å². The number of carbonyl (C=O) groups excluding carboxylic acids is 1. The largest absolute Gasteiger partial charge is 0.496 e. The number of nitrogens with two attached hydrogens (primary N) is 1. The van der Waals surface area contributed by atoms with E-state index in [2.05, 4.69) is 0 Å². The fraction of sp³-hybridized carbons (Fsp3) is 0.500. The summed E-state index contributed by atoms with van der Waals surface area (Å²) in [5.74, 6) is -0.386. The lowest BCUT2D eigenvalue weighted by molar-refractivity contribution is 0.0656. The van der Waals surface area contributed by atoms with E-state index in [4.69, 9.17) is 10.5 Å². The molecule has 0 aliphatic carbocycles. The number of hydrogen-bond acceptors (Lipinski definition) is 3. The van der Waals surface area contributed by atoms with Crippen molar-refractivity contribution in [1.29, 1.82) is 0 Å². The van der Waals surface area contributed by atoms with Crippen molar-refractivity contribution < 1.29 is 13.9 Å². The summed E-state index contributed by atoms with van der Waals surface area (Å²) in [7, 11) is 1.43. The average Bonchev–Trinajstić information content (AvgIpc) is 2.40. The van der Waals surface area contributed by atoms with Gasteiger partial charge in [-0.05, 0) is 24.5 Å². The summed E-state index contributed by atoms with van der Waals surface area (Å²) in [5, 5.41) is 0. The van der Waals surface area contributed by atoms with Gasteiger partial charge in [0, 0.05) is 19.1 Å². The van der Waals surface area contributed by atoms with Crippen LogP contribution in [0.25, 0.3) is 0 Å². The summed E-state index contributed by atoms with van der Waals surface area (Å²) >= 11 is 0. The lowest BCUT2D eigenvalue weighted by Gasteiger charge is -2.35. The molecule has 0 radical (unpaired) electrons.